The molecular formula is C13H26N2O2. The van der Waals surface area contributed by atoms with Gasteiger partial charge in [-0.3, -0.25) is 4.79 Å². The van der Waals surface area contributed by atoms with Crippen molar-refractivity contribution in [2.24, 2.45) is 5.41 Å². The maximum Gasteiger partial charge on any atom is 0.233 e. The zero-order valence-electron chi connectivity index (χ0n) is 11.1. The summed E-state index contributed by atoms with van der Waals surface area (Å²) >= 11 is 0. The first-order valence-corrected chi connectivity index (χ1v) is 6.73. The summed E-state index contributed by atoms with van der Waals surface area (Å²) < 4.78 is 0. The molecule has 1 aliphatic carbocycles. The molecule has 1 rings (SSSR count). The Kier molecular flexibility index (Phi) is 5.92. The molecule has 0 heterocycles. The summed E-state index contributed by atoms with van der Waals surface area (Å²) in [6, 6.07) is 0.374. The van der Waals surface area contributed by atoms with Crippen molar-refractivity contribution in [3.8, 4) is 0 Å². The number of hydrogen-bond donors (Lipinski definition) is 3. The highest BCUT2D eigenvalue weighted by Crippen LogP contribution is 2.36. The number of carbonyl (C=O) groups excluding carboxylic acids is 1. The van der Waals surface area contributed by atoms with E-state index in [0.717, 1.165) is 19.3 Å². The number of hydrogen-bond acceptors (Lipinski definition) is 3. The van der Waals surface area contributed by atoms with E-state index in [4.69, 9.17) is 0 Å². The van der Waals surface area contributed by atoms with Crippen LogP contribution in [0.2, 0.25) is 0 Å². The summed E-state index contributed by atoms with van der Waals surface area (Å²) in [5.74, 6) is 0.0324. The van der Waals surface area contributed by atoms with Crippen molar-refractivity contribution < 1.29 is 9.90 Å². The summed E-state index contributed by atoms with van der Waals surface area (Å²) in [6.07, 6.45) is 5.42. The van der Waals surface area contributed by atoms with Gasteiger partial charge in [0.2, 0.25) is 5.91 Å². The maximum atomic E-state index is 11.6. The van der Waals surface area contributed by atoms with Crippen LogP contribution in [0, 0.1) is 5.41 Å². The van der Waals surface area contributed by atoms with Gasteiger partial charge in [0.1, 0.15) is 0 Å². The summed E-state index contributed by atoms with van der Waals surface area (Å²) in [5.41, 5.74) is -0.0496. The molecule has 1 fully saturated rings. The highest BCUT2D eigenvalue weighted by atomic mass is 16.3. The van der Waals surface area contributed by atoms with Crippen molar-refractivity contribution in [1.29, 1.82) is 0 Å². The van der Waals surface area contributed by atoms with Gasteiger partial charge in [-0.05, 0) is 26.2 Å². The van der Waals surface area contributed by atoms with Crippen LogP contribution < -0.4 is 10.6 Å². The third-order valence-corrected chi connectivity index (χ3v) is 3.88. The Morgan fingerprint density at radius 2 is 2.06 bits per heavy atom. The van der Waals surface area contributed by atoms with Crippen LogP contribution in [0.5, 0.6) is 0 Å². The second kappa shape index (κ2) is 6.97. The van der Waals surface area contributed by atoms with Crippen LogP contribution >= 0.6 is 0 Å². The Labute approximate surface area is 104 Å². The van der Waals surface area contributed by atoms with E-state index in [2.05, 4.69) is 24.5 Å². The van der Waals surface area contributed by atoms with Crippen LogP contribution in [-0.4, -0.2) is 36.8 Å². The van der Waals surface area contributed by atoms with Gasteiger partial charge >= 0.3 is 0 Å². The topological polar surface area (TPSA) is 61.4 Å². The number of nitrogens with one attached hydrogen (secondary N) is 2. The van der Waals surface area contributed by atoms with E-state index in [1.54, 1.807) is 0 Å². The largest absolute Gasteiger partial charge is 0.396 e. The fourth-order valence-corrected chi connectivity index (χ4v) is 2.28. The van der Waals surface area contributed by atoms with E-state index >= 15 is 0 Å². The first-order valence-electron chi connectivity index (χ1n) is 6.73. The van der Waals surface area contributed by atoms with E-state index < -0.39 is 0 Å². The number of aliphatic hydroxyl groups is 1. The van der Waals surface area contributed by atoms with E-state index in [0.29, 0.717) is 19.1 Å². The fourth-order valence-electron chi connectivity index (χ4n) is 2.28. The molecular weight excluding hydrogens is 216 g/mol. The molecule has 0 bridgehead atoms. The molecule has 1 aliphatic rings. The lowest BCUT2D eigenvalue weighted by atomic mass is 9.87. The second-order valence-corrected chi connectivity index (χ2v) is 5.33. The monoisotopic (exact) mass is 242 g/mol. The predicted octanol–water partition coefficient (Wildman–Crippen LogP) is 1.04. The molecule has 4 nitrogen and oxygen atoms in total. The molecule has 1 atom stereocenters. The minimum atomic E-state index is -0.0496. The molecule has 3 N–H and O–H groups in total. The molecule has 0 aromatic carbocycles. The van der Waals surface area contributed by atoms with Crippen molar-refractivity contribution in [3.63, 3.8) is 0 Å². The van der Waals surface area contributed by atoms with Gasteiger partial charge in [-0.2, -0.15) is 0 Å². The lowest BCUT2D eigenvalue weighted by Gasteiger charge is -2.26. The van der Waals surface area contributed by atoms with Crippen LogP contribution in [0.4, 0.5) is 0 Å². The van der Waals surface area contributed by atoms with Crippen LogP contribution in [0.1, 0.15) is 46.0 Å². The number of amides is 1. The van der Waals surface area contributed by atoms with Gasteiger partial charge in [0.05, 0.1) is 13.2 Å². The highest BCUT2D eigenvalue weighted by Gasteiger charge is 2.33. The number of aliphatic hydroxyl groups excluding tert-OH is 1. The van der Waals surface area contributed by atoms with Gasteiger partial charge in [0.25, 0.3) is 0 Å². The molecule has 100 valence electrons. The Balaban J connectivity index is 2.22. The van der Waals surface area contributed by atoms with E-state index in [9.17, 15) is 9.90 Å². The lowest BCUT2D eigenvalue weighted by molar-refractivity contribution is -0.121. The van der Waals surface area contributed by atoms with Crippen molar-refractivity contribution in [2.45, 2.75) is 52.0 Å². The molecule has 0 aromatic rings. The Morgan fingerprint density at radius 1 is 1.41 bits per heavy atom. The summed E-state index contributed by atoms with van der Waals surface area (Å²) in [5, 5.41) is 15.5. The van der Waals surface area contributed by atoms with Crippen molar-refractivity contribution in [2.75, 3.05) is 19.7 Å². The molecule has 1 unspecified atom stereocenters. The van der Waals surface area contributed by atoms with Crippen LogP contribution in [0.25, 0.3) is 0 Å². The third kappa shape index (κ3) is 4.64. The zero-order chi connectivity index (χ0) is 12.7. The minimum Gasteiger partial charge on any atom is -0.396 e. The first-order chi connectivity index (χ1) is 8.12. The summed E-state index contributed by atoms with van der Waals surface area (Å²) in [6.45, 7) is 5.33. The standard InChI is InChI=1S/C13H26N2O2/c1-3-11(2)14-8-12(17)15-9-13(10-16)6-4-5-7-13/h11,14,16H,3-10H2,1-2H3,(H,15,17). The van der Waals surface area contributed by atoms with Gasteiger partial charge < -0.3 is 15.7 Å². The number of rotatable bonds is 7. The minimum absolute atomic E-state index is 0.0324. The molecule has 0 aliphatic heterocycles. The summed E-state index contributed by atoms with van der Waals surface area (Å²) in [7, 11) is 0. The molecule has 17 heavy (non-hydrogen) atoms. The van der Waals surface area contributed by atoms with Gasteiger partial charge in [-0.1, -0.05) is 19.8 Å². The quantitative estimate of drug-likeness (QED) is 0.625. The SMILES string of the molecule is CCC(C)NCC(=O)NCC1(CO)CCCC1. The van der Waals surface area contributed by atoms with Gasteiger partial charge in [0, 0.05) is 18.0 Å². The second-order valence-electron chi connectivity index (χ2n) is 5.33. The molecule has 4 heteroatoms. The third-order valence-electron chi connectivity index (χ3n) is 3.88. The molecule has 1 saturated carbocycles. The van der Waals surface area contributed by atoms with E-state index in [1.807, 2.05) is 0 Å². The van der Waals surface area contributed by atoms with Gasteiger partial charge in [-0.15, -0.1) is 0 Å². The zero-order valence-corrected chi connectivity index (χ0v) is 11.1. The van der Waals surface area contributed by atoms with Crippen LogP contribution in [-0.2, 0) is 4.79 Å². The van der Waals surface area contributed by atoms with Crippen molar-refractivity contribution in [3.05, 3.63) is 0 Å². The number of carbonyl (C=O) groups is 1. The Morgan fingerprint density at radius 3 is 2.59 bits per heavy atom. The van der Waals surface area contributed by atoms with Crippen LogP contribution in [0.3, 0.4) is 0 Å². The average Bonchev–Trinajstić information content (AvgIpc) is 2.82. The average molecular weight is 242 g/mol. The lowest BCUT2D eigenvalue weighted by Crippen LogP contribution is -2.43. The molecule has 0 saturated heterocycles. The smallest absolute Gasteiger partial charge is 0.233 e. The molecule has 1 amide bonds. The van der Waals surface area contributed by atoms with E-state index in [1.165, 1.54) is 12.8 Å². The Bertz CT molecular complexity index is 238. The molecule has 0 spiro atoms. The van der Waals surface area contributed by atoms with Gasteiger partial charge in [0.15, 0.2) is 0 Å². The maximum absolute atomic E-state index is 11.6. The van der Waals surface area contributed by atoms with Crippen LogP contribution in [0.15, 0.2) is 0 Å². The van der Waals surface area contributed by atoms with E-state index in [-0.39, 0.29) is 17.9 Å². The fraction of sp³-hybridized carbons (Fsp3) is 0.923. The molecule has 0 radical (unpaired) electrons. The summed E-state index contributed by atoms with van der Waals surface area (Å²) in [4.78, 5) is 11.6. The Hall–Kier alpha value is -0.610. The van der Waals surface area contributed by atoms with Gasteiger partial charge in [-0.25, -0.2) is 0 Å². The predicted molar refractivity (Wildman–Crippen MR) is 68.8 cm³/mol. The highest BCUT2D eigenvalue weighted by molar-refractivity contribution is 5.78. The molecule has 0 aromatic heterocycles. The first kappa shape index (κ1) is 14.5. The van der Waals surface area contributed by atoms with Crippen molar-refractivity contribution >= 4 is 5.91 Å². The normalized spacial score (nSPS) is 20.2. The van der Waals surface area contributed by atoms with Crippen molar-refractivity contribution in [1.82, 2.24) is 10.6 Å².